The summed E-state index contributed by atoms with van der Waals surface area (Å²) >= 11 is 1.36. The lowest BCUT2D eigenvalue weighted by Gasteiger charge is -2.32. The first-order valence-corrected chi connectivity index (χ1v) is 11.3. The van der Waals surface area contributed by atoms with Gasteiger partial charge in [0, 0.05) is 30.6 Å². The summed E-state index contributed by atoms with van der Waals surface area (Å²) in [5, 5.41) is 4.80. The van der Waals surface area contributed by atoms with E-state index in [1.165, 1.54) is 11.3 Å². The Bertz CT molecular complexity index is 1200. The fourth-order valence-corrected chi connectivity index (χ4v) is 4.88. The predicted octanol–water partition coefficient (Wildman–Crippen LogP) is 3.19. The number of ether oxygens (including phenoxy) is 2. The van der Waals surface area contributed by atoms with Crippen LogP contribution in [0.5, 0.6) is 11.5 Å². The maximum absolute atomic E-state index is 12.8. The third-order valence-electron chi connectivity index (χ3n) is 5.62. The molecule has 2 N–H and O–H groups in total. The Morgan fingerprint density at radius 3 is 2.94 bits per heavy atom. The number of nitrogens with one attached hydrogen (secondary N) is 2. The summed E-state index contributed by atoms with van der Waals surface area (Å²) in [6.07, 6.45) is 3.32. The van der Waals surface area contributed by atoms with E-state index in [1.54, 1.807) is 20.3 Å². The highest BCUT2D eigenvalue weighted by molar-refractivity contribution is 7.17. The molecule has 2 aromatic heterocycles. The molecule has 0 unspecified atom stereocenters. The Labute approximate surface area is 189 Å². The molecule has 0 spiro atoms. The molecular weight excluding hydrogens is 428 g/mol. The lowest BCUT2D eigenvalue weighted by Crippen LogP contribution is -2.44. The zero-order valence-corrected chi connectivity index (χ0v) is 19.0. The van der Waals surface area contributed by atoms with Gasteiger partial charge in [0.2, 0.25) is 11.9 Å². The van der Waals surface area contributed by atoms with E-state index in [-0.39, 0.29) is 17.4 Å². The quantitative estimate of drug-likeness (QED) is 0.533. The molecule has 168 valence electrons. The maximum atomic E-state index is 12.8. The second-order valence-corrected chi connectivity index (χ2v) is 8.49. The molecule has 0 aliphatic carbocycles. The molecule has 0 radical (unpaired) electrons. The number of nitrogens with zero attached hydrogens (tertiary/aromatic N) is 2. The average molecular weight is 455 g/mol. The number of hydrogen-bond acceptors (Lipinski definition) is 7. The summed E-state index contributed by atoms with van der Waals surface area (Å²) in [6, 6.07) is 5.64. The van der Waals surface area contributed by atoms with Gasteiger partial charge in [0.15, 0.2) is 11.5 Å². The van der Waals surface area contributed by atoms with Crippen LogP contribution in [0.2, 0.25) is 0 Å². The van der Waals surface area contributed by atoms with Gasteiger partial charge in [-0.15, -0.1) is 17.9 Å². The maximum Gasteiger partial charge on any atom is 0.270 e. The summed E-state index contributed by atoms with van der Waals surface area (Å²) < 4.78 is 11.3. The fourth-order valence-electron chi connectivity index (χ4n) is 3.97. The Morgan fingerprint density at radius 1 is 1.38 bits per heavy atom. The standard InChI is InChI=1S/C23H26N4O4S/c1-4-9-24-21(28)15-6-5-10-27(12-15)23-25-19-16(13-32-20(19)22(29)26-23)14-7-8-17(30-2)18(11-14)31-3/h4,7-8,11,13,15H,1,5-6,9-10,12H2,2-3H3,(H,24,28)(H,25,26,29)/t15-/m0/s1. The van der Waals surface area contributed by atoms with Crippen molar-refractivity contribution < 1.29 is 14.3 Å². The summed E-state index contributed by atoms with van der Waals surface area (Å²) in [7, 11) is 3.18. The first-order chi connectivity index (χ1) is 15.5. The average Bonchev–Trinajstić information content (AvgIpc) is 3.26. The number of piperidine rings is 1. The monoisotopic (exact) mass is 454 g/mol. The van der Waals surface area contributed by atoms with Gasteiger partial charge in [-0.25, -0.2) is 4.98 Å². The minimum Gasteiger partial charge on any atom is -0.493 e. The topological polar surface area (TPSA) is 96.6 Å². The summed E-state index contributed by atoms with van der Waals surface area (Å²) in [4.78, 5) is 34.9. The number of H-pyrrole nitrogens is 1. The van der Waals surface area contributed by atoms with Crippen molar-refractivity contribution in [2.24, 2.45) is 5.92 Å². The number of thiophene rings is 1. The van der Waals surface area contributed by atoms with Gasteiger partial charge in [0.05, 0.1) is 25.7 Å². The number of carbonyl (C=O) groups excluding carboxylic acids is 1. The Morgan fingerprint density at radius 2 is 2.19 bits per heavy atom. The summed E-state index contributed by atoms with van der Waals surface area (Å²) in [6.45, 7) is 5.32. The smallest absolute Gasteiger partial charge is 0.270 e. The molecule has 1 saturated heterocycles. The number of amides is 1. The van der Waals surface area contributed by atoms with E-state index >= 15 is 0 Å². The highest BCUT2D eigenvalue weighted by atomic mass is 32.1. The molecule has 32 heavy (non-hydrogen) atoms. The minimum atomic E-state index is -0.181. The molecule has 4 rings (SSSR count). The van der Waals surface area contributed by atoms with Crippen molar-refractivity contribution >= 4 is 33.4 Å². The number of hydrogen-bond donors (Lipinski definition) is 2. The second kappa shape index (κ2) is 9.44. The molecule has 1 aliphatic rings. The van der Waals surface area contributed by atoms with Crippen molar-refractivity contribution in [3.8, 4) is 22.6 Å². The van der Waals surface area contributed by atoms with Crippen LogP contribution in [0.15, 0.2) is 41.0 Å². The van der Waals surface area contributed by atoms with Crippen LogP contribution in [-0.4, -0.2) is 49.7 Å². The van der Waals surface area contributed by atoms with Gasteiger partial charge < -0.3 is 19.7 Å². The SMILES string of the molecule is C=CCNC(=O)[C@H]1CCCN(c2nc3c(-c4ccc(OC)c(OC)c4)csc3c(=O)[nH]2)C1. The van der Waals surface area contributed by atoms with Gasteiger partial charge in [0.25, 0.3) is 5.56 Å². The van der Waals surface area contributed by atoms with Gasteiger partial charge in [-0.2, -0.15) is 0 Å². The molecule has 1 aromatic carbocycles. The molecule has 0 bridgehead atoms. The van der Waals surface area contributed by atoms with Crippen LogP contribution in [0.3, 0.4) is 0 Å². The number of anilines is 1. The molecule has 1 fully saturated rings. The van der Waals surface area contributed by atoms with Crippen molar-refractivity contribution in [1.29, 1.82) is 0 Å². The fraction of sp³-hybridized carbons (Fsp3) is 0.348. The van der Waals surface area contributed by atoms with Crippen LogP contribution < -0.4 is 25.2 Å². The molecule has 0 saturated carbocycles. The first kappa shape index (κ1) is 21.9. The zero-order chi connectivity index (χ0) is 22.7. The van der Waals surface area contributed by atoms with E-state index in [4.69, 9.17) is 14.5 Å². The normalized spacial score (nSPS) is 16.1. The highest BCUT2D eigenvalue weighted by Crippen LogP contribution is 2.37. The van der Waals surface area contributed by atoms with Crippen LogP contribution in [0.1, 0.15) is 12.8 Å². The number of fused-ring (bicyclic) bond motifs is 1. The Hall–Kier alpha value is -3.33. The first-order valence-electron chi connectivity index (χ1n) is 10.4. The summed E-state index contributed by atoms with van der Waals surface area (Å²) in [5.41, 5.74) is 2.20. The van der Waals surface area contributed by atoms with Crippen molar-refractivity contribution in [3.63, 3.8) is 0 Å². The largest absolute Gasteiger partial charge is 0.493 e. The molecule has 1 aliphatic heterocycles. The predicted molar refractivity (Wildman–Crippen MR) is 127 cm³/mol. The van der Waals surface area contributed by atoms with Gasteiger partial charge in [0.1, 0.15) is 4.70 Å². The number of carbonyl (C=O) groups is 1. The third kappa shape index (κ3) is 4.20. The Kier molecular flexibility index (Phi) is 6.45. The van der Waals surface area contributed by atoms with Crippen molar-refractivity contribution in [2.75, 3.05) is 38.8 Å². The number of aromatic amines is 1. The molecule has 9 heteroatoms. The van der Waals surface area contributed by atoms with Gasteiger partial charge in [-0.05, 0) is 30.5 Å². The van der Waals surface area contributed by atoms with E-state index in [0.29, 0.717) is 40.8 Å². The number of rotatable bonds is 7. The zero-order valence-electron chi connectivity index (χ0n) is 18.1. The van der Waals surface area contributed by atoms with Crippen LogP contribution in [0.4, 0.5) is 5.95 Å². The molecule has 8 nitrogen and oxygen atoms in total. The van der Waals surface area contributed by atoms with E-state index in [2.05, 4.69) is 16.9 Å². The third-order valence-corrected chi connectivity index (χ3v) is 6.59. The van der Waals surface area contributed by atoms with Gasteiger partial charge in [-0.1, -0.05) is 12.1 Å². The molecular formula is C23H26N4O4S. The van der Waals surface area contributed by atoms with Gasteiger partial charge >= 0.3 is 0 Å². The van der Waals surface area contributed by atoms with E-state index in [9.17, 15) is 9.59 Å². The minimum absolute atomic E-state index is 0.000393. The lowest BCUT2D eigenvalue weighted by molar-refractivity contribution is -0.125. The lowest BCUT2D eigenvalue weighted by atomic mass is 9.97. The highest BCUT2D eigenvalue weighted by Gasteiger charge is 2.27. The Balaban J connectivity index is 1.69. The van der Waals surface area contributed by atoms with Crippen molar-refractivity contribution in [1.82, 2.24) is 15.3 Å². The molecule has 1 amide bonds. The number of methoxy groups -OCH3 is 2. The van der Waals surface area contributed by atoms with Crippen molar-refractivity contribution in [2.45, 2.75) is 12.8 Å². The van der Waals surface area contributed by atoms with Crippen LogP contribution >= 0.6 is 11.3 Å². The molecule has 3 heterocycles. The summed E-state index contributed by atoms with van der Waals surface area (Å²) in [5.74, 6) is 1.58. The molecule has 3 aromatic rings. The van der Waals surface area contributed by atoms with Crippen LogP contribution in [0.25, 0.3) is 21.3 Å². The molecule has 1 atom stereocenters. The van der Waals surface area contributed by atoms with Gasteiger partial charge in [-0.3, -0.25) is 14.6 Å². The second-order valence-electron chi connectivity index (χ2n) is 7.61. The van der Waals surface area contributed by atoms with Crippen molar-refractivity contribution in [3.05, 3.63) is 46.6 Å². The van der Waals surface area contributed by atoms with Crippen LogP contribution in [0, 0.1) is 5.92 Å². The van der Waals surface area contributed by atoms with E-state index in [1.807, 2.05) is 28.5 Å². The van der Waals surface area contributed by atoms with Crippen LogP contribution in [-0.2, 0) is 4.79 Å². The van der Waals surface area contributed by atoms with E-state index in [0.717, 1.165) is 30.5 Å². The number of benzene rings is 1. The number of aromatic nitrogens is 2. The van der Waals surface area contributed by atoms with E-state index < -0.39 is 0 Å².